The maximum absolute atomic E-state index is 10.6. The minimum atomic E-state index is -0.719. The van der Waals surface area contributed by atoms with Crippen LogP contribution in [0.15, 0.2) is 12.2 Å². The summed E-state index contributed by atoms with van der Waals surface area (Å²) >= 11 is 0. The molecule has 2 nitrogen and oxygen atoms in total. The molecular formula is C9H16O2. The van der Waals surface area contributed by atoms with Crippen molar-refractivity contribution in [3.8, 4) is 0 Å². The van der Waals surface area contributed by atoms with Gasteiger partial charge in [0.2, 0.25) is 0 Å². The van der Waals surface area contributed by atoms with Crippen LogP contribution in [0.5, 0.6) is 0 Å². The van der Waals surface area contributed by atoms with Gasteiger partial charge in [0.05, 0.1) is 5.92 Å². The standard InChI is InChI=1S/C9H16O2/c1-5-8(9(10)11)7(4)6(2)3/h7-8H,2,5H2,1,3-4H3,(H,10,11). The Hall–Kier alpha value is -0.790. The zero-order valence-corrected chi connectivity index (χ0v) is 7.42. The topological polar surface area (TPSA) is 37.3 Å². The lowest BCUT2D eigenvalue weighted by Crippen LogP contribution is -2.21. The van der Waals surface area contributed by atoms with Crippen molar-refractivity contribution in [3.63, 3.8) is 0 Å². The number of carboxylic acid groups (broad SMARTS) is 1. The summed E-state index contributed by atoms with van der Waals surface area (Å²) in [6, 6.07) is 0. The van der Waals surface area contributed by atoms with Gasteiger partial charge in [0.15, 0.2) is 0 Å². The van der Waals surface area contributed by atoms with E-state index < -0.39 is 5.97 Å². The van der Waals surface area contributed by atoms with Crippen molar-refractivity contribution >= 4 is 5.97 Å². The number of carboxylic acids is 1. The lowest BCUT2D eigenvalue weighted by atomic mass is 9.87. The minimum absolute atomic E-state index is 0.0810. The third-order valence-electron chi connectivity index (χ3n) is 2.14. The SMILES string of the molecule is C=C(C)C(C)C(CC)C(=O)O. The first-order valence-corrected chi connectivity index (χ1v) is 3.88. The van der Waals surface area contributed by atoms with Gasteiger partial charge in [0, 0.05) is 0 Å². The molecule has 0 aromatic carbocycles. The van der Waals surface area contributed by atoms with Gasteiger partial charge in [-0.25, -0.2) is 0 Å². The molecule has 0 bridgehead atoms. The molecule has 2 atom stereocenters. The van der Waals surface area contributed by atoms with E-state index in [0.717, 1.165) is 5.57 Å². The van der Waals surface area contributed by atoms with Gasteiger partial charge in [-0.05, 0) is 19.3 Å². The summed E-state index contributed by atoms with van der Waals surface area (Å²) in [6.45, 7) is 9.41. The van der Waals surface area contributed by atoms with Crippen LogP contribution in [0.1, 0.15) is 27.2 Å². The highest BCUT2D eigenvalue weighted by atomic mass is 16.4. The molecule has 0 rings (SSSR count). The molecule has 11 heavy (non-hydrogen) atoms. The molecule has 0 saturated carbocycles. The minimum Gasteiger partial charge on any atom is -0.481 e. The molecule has 0 heterocycles. The highest BCUT2D eigenvalue weighted by Gasteiger charge is 2.22. The van der Waals surface area contributed by atoms with Crippen LogP contribution in [-0.4, -0.2) is 11.1 Å². The molecule has 64 valence electrons. The molecule has 0 fully saturated rings. The van der Waals surface area contributed by atoms with Gasteiger partial charge in [-0.15, -0.1) is 0 Å². The average Bonchev–Trinajstić information content (AvgIpc) is 1.88. The van der Waals surface area contributed by atoms with Crippen molar-refractivity contribution in [1.29, 1.82) is 0 Å². The number of hydrogen-bond acceptors (Lipinski definition) is 1. The number of hydrogen-bond donors (Lipinski definition) is 1. The number of carbonyl (C=O) groups is 1. The molecule has 0 aromatic rings. The Morgan fingerprint density at radius 3 is 2.18 bits per heavy atom. The summed E-state index contributed by atoms with van der Waals surface area (Å²) in [7, 11) is 0. The van der Waals surface area contributed by atoms with Crippen molar-refractivity contribution in [1.82, 2.24) is 0 Å². The van der Waals surface area contributed by atoms with E-state index in [9.17, 15) is 4.79 Å². The third kappa shape index (κ3) is 2.74. The van der Waals surface area contributed by atoms with Crippen LogP contribution in [0.4, 0.5) is 0 Å². The van der Waals surface area contributed by atoms with E-state index >= 15 is 0 Å². The molecule has 0 spiro atoms. The van der Waals surface area contributed by atoms with E-state index in [-0.39, 0.29) is 11.8 Å². The van der Waals surface area contributed by atoms with Gasteiger partial charge in [-0.1, -0.05) is 26.0 Å². The third-order valence-corrected chi connectivity index (χ3v) is 2.14. The van der Waals surface area contributed by atoms with E-state index in [0.29, 0.717) is 6.42 Å². The van der Waals surface area contributed by atoms with Crippen molar-refractivity contribution in [2.24, 2.45) is 11.8 Å². The fraction of sp³-hybridized carbons (Fsp3) is 0.667. The predicted octanol–water partition coefficient (Wildman–Crippen LogP) is 2.31. The van der Waals surface area contributed by atoms with Crippen molar-refractivity contribution < 1.29 is 9.90 Å². The van der Waals surface area contributed by atoms with Crippen LogP contribution in [0, 0.1) is 11.8 Å². The summed E-state index contributed by atoms with van der Waals surface area (Å²) in [5.41, 5.74) is 0.944. The Bertz CT molecular complexity index is 161. The van der Waals surface area contributed by atoms with Crippen LogP contribution < -0.4 is 0 Å². The van der Waals surface area contributed by atoms with Crippen molar-refractivity contribution in [3.05, 3.63) is 12.2 Å². The first kappa shape index (κ1) is 10.2. The van der Waals surface area contributed by atoms with Gasteiger partial charge in [-0.3, -0.25) is 4.79 Å². The van der Waals surface area contributed by atoms with E-state index in [1.807, 2.05) is 20.8 Å². The quantitative estimate of drug-likeness (QED) is 0.634. The fourth-order valence-corrected chi connectivity index (χ4v) is 1.09. The number of rotatable bonds is 4. The summed E-state index contributed by atoms with van der Waals surface area (Å²) < 4.78 is 0. The Morgan fingerprint density at radius 1 is 1.64 bits per heavy atom. The molecule has 2 unspecified atom stereocenters. The summed E-state index contributed by atoms with van der Waals surface area (Å²) in [4.78, 5) is 10.6. The van der Waals surface area contributed by atoms with Gasteiger partial charge in [-0.2, -0.15) is 0 Å². The lowest BCUT2D eigenvalue weighted by molar-refractivity contribution is -0.143. The smallest absolute Gasteiger partial charge is 0.307 e. The molecule has 0 saturated heterocycles. The zero-order valence-electron chi connectivity index (χ0n) is 7.42. The average molecular weight is 156 g/mol. The van der Waals surface area contributed by atoms with E-state index in [1.54, 1.807) is 0 Å². The zero-order chi connectivity index (χ0) is 9.02. The highest BCUT2D eigenvalue weighted by molar-refractivity contribution is 5.70. The number of allylic oxidation sites excluding steroid dienone is 1. The predicted molar refractivity (Wildman–Crippen MR) is 45.4 cm³/mol. The Labute approximate surface area is 67.9 Å². The van der Waals surface area contributed by atoms with E-state index in [1.165, 1.54) is 0 Å². The van der Waals surface area contributed by atoms with Crippen LogP contribution in [0.3, 0.4) is 0 Å². The highest BCUT2D eigenvalue weighted by Crippen LogP contribution is 2.21. The lowest BCUT2D eigenvalue weighted by Gasteiger charge is -2.18. The first-order valence-electron chi connectivity index (χ1n) is 3.88. The van der Waals surface area contributed by atoms with Crippen LogP contribution in [-0.2, 0) is 4.79 Å². The summed E-state index contributed by atoms with van der Waals surface area (Å²) in [5, 5.41) is 8.75. The first-order chi connectivity index (χ1) is 5.00. The Morgan fingerprint density at radius 2 is 2.09 bits per heavy atom. The number of aliphatic carboxylic acids is 1. The molecule has 0 aliphatic heterocycles. The molecular weight excluding hydrogens is 140 g/mol. The molecule has 0 amide bonds. The second-order valence-corrected chi connectivity index (χ2v) is 2.99. The molecule has 0 aliphatic carbocycles. The normalized spacial score (nSPS) is 15.5. The Balaban J connectivity index is 4.25. The van der Waals surface area contributed by atoms with Crippen molar-refractivity contribution in [2.75, 3.05) is 0 Å². The van der Waals surface area contributed by atoms with Gasteiger partial charge in [0.25, 0.3) is 0 Å². The molecule has 1 N–H and O–H groups in total. The molecule has 2 heteroatoms. The monoisotopic (exact) mass is 156 g/mol. The van der Waals surface area contributed by atoms with E-state index in [4.69, 9.17) is 5.11 Å². The fourth-order valence-electron chi connectivity index (χ4n) is 1.09. The Kier molecular flexibility index (Phi) is 3.86. The van der Waals surface area contributed by atoms with E-state index in [2.05, 4.69) is 6.58 Å². The second kappa shape index (κ2) is 4.16. The van der Waals surface area contributed by atoms with Crippen LogP contribution in [0.2, 0.25) is 0 Å². The molecule has 0 radical (unpaired) electrons. The van der Waals surface area contributed by atoms with Gasteiger partial charge >= 0.3 is 5.97 Å². The van der Waals surface area contributed by atoms with Gasteiger partial charge < -0.3 is 5.11 Å². The second-order valence-electron chi connectivity index (χ2n) is 2.99. The van der Waals surface area contributed by atoms with Crippen LogP contribution in [0.25, 0.3) is 0 Å². The summed E-state index contributed by atoms with van der Waals surface area (Å²) in [5.74, 6) is -0.909. The van der Waals surface area contributed by atoms with Crippen molar-refractivity contribution in [2.45, 2.75) is 27.2 Å². The maximum Gasteiger partial charge on any atom is 0.307 e. The summed E-state index contributed by atoms with van der Waals surface area (Å²) in [6.07, 6.45) is 0.670. The largest absolute Gasteiger partial charge is 0.481 e. The molecule has 0 aromatic heterocycles. The maximum atomic E-state index is 10.6. The van der Waals surface area contributed by atoms with Gasteiger partial charge in [0.1, 0.15) is 0 Å². The van der Waals surface area contributed by atoms with Crippen LogP contribution >= 0.6 is 0 Å². The molecule has 0 aliphatic rings.